The number of aryl methyl sites for hydroxylation is 1. The van der Waals surface area contributed by atoms with Crippen molar-refractivity contribution in [2.45, 2.75) is 46.5 Å². The van der Waals surface area contributed by atoms with Crippen molar-refractivity contribution in [1.82, 2.24) is 15.0 Å². The van der Waals surface area contributed by atoms with E-state index in [2.05, 4.69) is 57.4 Å². The molecule has 0 radical (unpaired) electrons. The molecule has 0 bridgehead atoms. The molecule has 2 heterocycles. The van der Waals surface area contributed by atoms with E-state index in [1.807, 2.05) is 6.92 Å². The van der Waals surface area contributed by atoms with Crippen LogP contribution in [0.2, 0.25) is 0 Å². The van der Waals surface area contributed by atoms with Crippen LogP contribution in [0.3, 0.4) is 0 Å². The summed E-state index contributed by atoms with van der Waals surface area (Å²) in [5.41, 5.74) is 2.10. The molecule has 0 aliphatic heterocycles. The van der Waals surface area contributed by atoms with E-state index in [1.165, 1.54) is 0 Å². The van der Waals surface area contributed by atoms with Gasteiger partial charge in [-0.3, -0.25) is 0 Å². The predicted molar refractivity (Wildman–Crippen MR) is 92.3 cm³/mol. The van der Waals surface area contributed by atoms with Gasteiger partial charge < -0.3 is 5.32 Å². The Morgan fingerprint density at radius 3 is 2.62 bits per heavy atom. The smallest absolute Gasteiger partial charge is 0.144 e. The lowest BCUT2D eigenvalue weighted by Crippen LogP contribution is -2.10. The van der Waals surface area contributed by atoms with Crippen LogP contribution in [0.4, 0.5) is 5.82 Å². The molecule has 0 aliphatic rings. The molecule has 0 aliphatic carbocycles. The zero-order valence-electron chi connectivity index (χ0n) is 12.9. The van der Waals surface area contributed by atoms with Gasteiger partial charge in [-0.15, -0.1) is 11.3 Å². The van der Waals surface area contributed by atoms with Crippen molar-refractivity contribution >= 4 is 33.1 Å². The number of nitrogens with zero attached hydrogens (tertiary/aromatic N) is 3. The first kappa shape index (κ1) is 16.4. The monoisotopic (exact) mass is 368 g/mol. The third kappa shape index (κ3) is 4.23. The topological polar surface area (TPSA) is 50.7 Å². The Kier molecular flexibility index (Phi) is 5.70. The highest BCUT2D eigenvalue weighted by molar-refractivity contribution is 9.10. The molecule has 6 heteroatoms. The van der Waals surface area contributed by atoms with Crippen molar-refractivity contribution in [3.8, 4) is 0 Å². The molecule has 0 unspecified atom stereocenters. The summed E-state index contributed by atoms with van der Waals surface area (Å²) in [5, 5.41) is 6.50. The van der Waals surface area contributed by atoms with E-state index >= 15 is 0 Å². The molecule has 0 atom stereocenters. The maximum atomic E-state index is 4.71. The molecule has 0 spiro atoms. The summed E-state index contributed by atoms with van der Waals surface area (Å²) in [6.45, 7) is 9.35. The molecule has 114 valence electrons. The fraction of sp³-hybridized carbons (Fsp3) is 0.533. The Hall–Kier alpha value is -1.01. The van der Waals surface area contributed by atoms with E-state index in [4.69, 9.17) is 4.98 Å². The zero-order chi connectivity index (χ0) is 15.4. The first-order valence-corrected chi connectivity index (χ1v) is 8.89. The predicted octanol–water partition coefficient (Wildman–Crippen LogP) is 4.54. The lowest BCUT2D eigenvalue weighted by molar-refractivity contribution is 0.782. The van der Waals surface area contributed by atoms with E-state index < -0.39 is 0 Å². The quantitative estimate of drug-likeness (QED) is 0.812. The molecule has 0 saturated heterocycles. The van der Waals surface area contributed by atoms with Gasteiger partial charge in [-0.05, 0) is 35.2 Å². The summed E-state index contributed by atoms with van der Waals surface area (Å²) in [6, 6.07) is 0. The third-order valence-corrected chi connectivity index (χ3v) is 4.74. The molecule has 1 N–H and O–H groups in total. The number of aromatic nitrogens is 3. The third-order valence-electron chi connectivity index (χ3n) is 2.99. The number of anilines is 1. The van der Waals surface area contributed by atoms with E-state index in [0.29, 0.717) is 12.3 Å². The largest absolute Gasteiger partial charge is 0.369 e. The van der Waals surface area contributed by atoms with Gasteiger partial charge in [0.05, 0.1) is 16.6 Å². The second kappa shape index (κ2) is 7.31. The molecular weight excluding hydrogens is 348 g/mol. The summed E-state index contributed by atoms with van der Waals surface area (Å²) in [6.07, 6.45) is 1.75. The van der Waals surface area contributed by atoms with Crippen LogP contribution in [0.5, 0.6) is 0 Å². The number of thiazole rings is 1. The zero-order valence-corrected chi connectivity index (χ0v) is 15.3. The number of hydrogen-bond donors (Lipinski definition) is 1. The molecule has 4 nitrogen and oxygen atoms in total. The molecule has 0 aromatic carbocycles. The minimum Gasteiger partial charge on any atom is -0.369 e. The summed E-state index contributed by atoms with van der Waals surface area (Å²) in [5.74, 6) is 2.06. The van der Waals surface area contributed by atoms with Crippen molar-refractivity contribution < 1.29 is 0 Å². The van der Waals surface area contributed by atoms with Gasteiger partial charge in [0.1, 0.15) is 16.6 Å². The fourth-order valence-electron chi connectivity index (χ4n) is 1.95. The summed E-state index contributed by atoms with van der Waals surface area (Å²) < 4.78 is 0.977. The van der Waals surface area contributed by atoms with Crippen molar-refractivity contribution in [2.75, 3.05) is 11.9 Å². The first-order chi connectivity index (χ1) is 10.0. The Morgan fingerprint density at radius 2 is 2.05 bits per heavy atom. The van der Waals surface area contributed by atoms with Crippen LogP contribution >= 0.6 is 27.3 Å². The van der Waals surface area contributed by atoms with Gasteiger partial charge in [0.2, 0.25) is 0 Å². The molecule has 0 amide bonds. The summed E-state index contributed by atoms with van der Waals surface area (Å²) >= 11 is 5.30. The van der Waals surface area contributed by atoms with E-state index in [1.54, 1.807) is 11.3 Å². The standard InChI is InChI=1S/C15H21BrN4S/c1-5-6-17-15-13(16)14(9(2)3)19-11(20-15)7-12-18-10(4)8-21-12/h8-9H,5-7H2,1-4H3,(H,17,19,20). The van der Waals surface area contributed by atoms with Gasteiger partial charge in [0.25, 0.3) is 0 Å². The van der Waals surface area contributed by atoms with Gasteiger partial charge in [-0.1, -0.05) is 20.8 Å². The second-order valence-corrected chi connectivity index (χ2v) is 7.06. The number of halogens is 1. The molecular formula is C15H21BrN4S. The lowest BCUT2D eigenvalue weighted by Gasteiger charge is -2.14. The minimum absolute atomic E-state index is 0.348. The number of nitrogens with one attached hydrogen (secondary N) is 1. The van der Waals surface area contributed by atoms with Gasteiger partial charge >= 0.3 is 0 Å². The van der Waals surface area contributed by atoms with E-state index in [0.717, 1.165) is 45.5 Å². The minimum atomic E-state index is 0.348. The molecule has 21 heavy (non-hydrogen) atoms. The number of hydrogen-bond acceptors (Lipinski definition) is 5. The summed E-state index contributed by atoms with van der Waals surface area (Å²) in [7, 11) is 0. The van der Waals surface area contributed by atoms with E-state index in [-0.39, 0.29) is 0 Å². The Morgan fingerprint density at radius 1 is 1.29 bits per heavy atom. The highest BCUT2D eigenvalue weighted by atomic mass is 79.9. The van der Waals surface area contributed by atoms with Gasteiger partial charge in [-0.25, -0.2) is 15.0 Å². The van der Waals surface area contributed by atoms with Crippen LogP contribution in [0.1, 0.15) is 55.3 Å². The maximum absolute atomic E-state index is 4.71. The van der Waals surface area contributed by atoms with Crippen LogP contribution in [0.25, 0.3) is 0 Å². The van der Waals surface area contributed by atoms with Crippen molar-refractivity contribution in [1.29, 1.82) is 0 Å². The molecule has 2 rings (SSSR count). The van der Waals surface area contributed by atoms with Crippen LogP contribution in [-0.2, 0) is 6.42 Å². The van der Waals surface area contributed by atoms with Gasteiger partial charge in [0, 0.05) is 17.6 Å². The highest BCUT2D eigenvalue weighted by Crippen LogP contribution is 2.29. The average Bonchev–Trinajstić information content (AvgIpc) is 2.84. The normalized spacial score (nSPS) is 11.1. The molecule has 2 aromatic rings. The Labute approximate surface area is 138 Å². The Balaban J connectivity index is 2.33. The van der Waals surface area contributed by atoms with Crippen molar-refractivity contribution in [3.05, 3.63) is 32.1 Å². The van der Waals surface area contributed by atoms with Crippen molar-refractivity contribution in [2.24, 2.45) is 0 Å². The Bertz CT molecular complexity index is 610. The summed E-state index contributed by atoms with van der Waals surface area (Å²) in [4.78, 5) is 13.9. The SMILES string of the molecule is CCCNc1nc(Cc2nc(C)cs2)nc(C(C)C)c1Br. The van der Waals surface area contributed by atoms with Gasteiger partial charge in [0.15, 0.2) is 0 Å². The highest BCUT2D eigenvalue weighted by Gasteiger charge is 2.15. The number of rotatable bonds is 6. The van der Waals surface area contributed by atoms with Crippen LogP contribution in [-0.4, -0.2) is 21.5 Å². The second-order valence-electron chi connectivity index (χ2n) is 5.33. The van der Waals surface area contributed by atoms with Crippen LogP contribution < -0.4 is 5.32 Å². The molecule has 0 fully saturated rings. The van der Waals surface area contributed by atoms with Crippen LogP contribution in [0.15, 0.2) is 9.85 Å². The van der Waals surface area contributed by atoms with Crippen LogP contribution in [0, 0.1) is 6.92 Å². The van der Waals surface area contributed by atoms with E-state index in [9.17, 15) is 0 Å². The van der Waals surface area contributed by atoms with Crippen molar-refractivity contribution in [3.63, 3.8) is 0 Å². The molecule has 0 saturated carbocycles. The fourth-order valence-corrected chi connectivity index (χ4v) is 3.50. The maximum Gasteiger partial charge on any atom is 0.144 e. The van der Waals surface area contributed by atoms with Gasteiger partial charge in [-0.2, -0.15) is 0 Å². The average molecular weight is 369 g/mol. The lowest BCUT2D eigenvalue weighted by atomic mass is 10.1. The molecule has 2 aromatic heterocycles. The first-order valence-electron chi connectivity index (χ1n) is 7.22.